The van der Waals surface area contributed by atoms with Gasteiger partial charge < -0.3 is 20.1 Å². The molecule has 25 heavy (non-hydrogen) atoms. The number of hydrogen-bond acceptors (Lipinski definition) is 5. The van der Waals surface area contributed by atoms with E-state index in [9.17, 15) is 9.59 Å². The number of nitrogens with zero attached hydrogens (tertiary/aromatic N) is 2. The van der Waals surface area contributed by atoms with Crippen LogP contribution in [0.2, 0.25) is 5.02 Å². The van der Waals surface area contributed by atoms with E-state index in [0.29, 0.717) is 43.3 Å². The summed E-state index contributed by atoms with van der Waals surface area (Å²) in [6.07, 6.45) is -0.790. The molecule has 2 N–H and O–H groups in total. The minimum Gasteiger partial charge on any atom is -0.395 e. The molecule has 2 amide bonds. The molecule has 2 fully saturated rings. The van der Waals surface area contributed by atoms with E-state index in [4.69, 9.17) is 21.4 Å². The molecule has 0 saturated carbocycles. The number of nitrogens with one attached hydrogen (secondary N) is 1. The normalized spacial score (nSPS) is 24.9. The highest BCUT2D eigenvalue weighted by molar-refractivity contribution is 6.31. The average Bonchev–Trinajstić information content (AvgIpc) is 2.62. The van der Waals surface area contributed by atoms with E-state index in [1.54, 1.807) is 23.1 Å². The molecule has 1 aromatic rings. The minimum absolute atomic E-state index is 0.111. The lowest BCUT2D eigenvalue weighted by molar-refractivity contribution is -0.156. The lowest BCUT2D eigenvalue weighted by atomic mass is 9.98. The summed E-state index contributed by atoms with van der Waals surface area (Å²) >= 11 is 6.25. The van der Waals surface area contributed by atoms with Crippen LogP contribution in [0, 0.1) is 0 Å². The number of aliphatic hydroxyl groups is 1. The van der Waals surface area contributed by atoms with Gasteiger partial charge in [0.05, 0.1) is 12.6 Å². The van der Waals surface area contributed by atoms with Gasteiger partial charge in [-0.1, -0.05) is 29.8 Å². The van der Waals surface area contributed by atoms with Crippen molar-refractivity contribution < 1.29 is 19.4 Å². The van der Waals surface area contributed by atoms with Gasteiger partial charge in [0, 0.05) is 37.7 Å². The maximum Gasteiger partial charge on any atom is 0.254 e. The summed E-state index contributed by atoms with van der Waals surface area (Å²) < 4.78 is 5.59. The SMILES string of the molecule is O=C1CO[C@H](C(=O)N2CCN(CCO)CC2)[C@@H](c2ccccc2Cl)N1. The Bertz CT molecular complexity index is 634. The third-order valence-electron chi connectivity index (χ3n) is 4.60. The molecule has 1 aromatic carbocycles. The first kappa shape index (κ1) is 18.1. The molecule has 0 aromatic heterocycles. The molecule has 2 heterocycles. The van der Waals surface area contributed by atoms with Crippen molar-refractivity contribution in [3.8, 4) is 0 Å². The molecule has 3 rings (SSSR count). The van der Waals surface area contributed by atoms with Crippen molar-refractivity contribution in [1.82, 2.24) is 15.1 Å². The Morgan fingerprint density at radius 3 is 2.68 bits per heavy atom. The van der Waals surface area contributed by atoms with Crippen molar-refractivity contribution >= 4 is 23.4 Å². The van der Waals surface area contributed by atoms with E-state index >= 15 is 0 Å². The van der Waals surface area contributed by atoms with Gasteiger partial charge in [0.15, 0.2) is 6.10 Å². The molecular weight excluding hydrogens is 346 g/mol. The predicted octanol–water partition coefficient (Wildman–Crippen LogP) is 0.0326. The van der Waals surface area contributed by atoms with Gasteiger partial charge in [0.2, 0.25) is 5.91 Å². The molecule has 2 atom stereocenters. The van der Waals surface area contributed by atoms with Gasteiger partial charge in [-0.05, 0) is 11.6 Å². The number of aliphatic hydroxyl groups excluding tert-OH is 1. The Morgan fingerprint density at radius 2 is 2.00 bits per heavy atom. The molecule has 2 aliphatic rings. The van der Waals surface area contributed by atoms with E-state index < -0.39 is 12.1 Å². The van der Waals surface area contributed by atoms with Crippen LogP contribution in [0.15, 0.2) is 24.3 Å². The second-order valence-corrected chi connectivity index (χ2v) is 6.60. The van der Waals surface area contributed by atoms with Crippen LogP contribution in [0.4, 0.5) is 0 Å². The van der Waals surface area contributed by atoms with Gasteiger partial charge in [0.25, 0.3) is 5.91 Å². The maximum absolute atomic E-state index is 13.0. The lowest BCUT2D eigenvalue weighted by Crippen LogP contribution is -2.57. The number of carbonyl (C=O) groups excluding carboxylic acids is 2. The molecule has 0 aliphatic carbocycles. The van der Waals surface area contributed by atoms with Crippen molar-refractivity contribution in [2.24, 2.45) is 0 Å². The summed E-state index contributed by atoms with van der Waals surface area (Å²) in [5, 5.41) is 12.3. The topological polar surface area (TPSA) is 82.1 Å². The second-order valence-electron chi connectivity index (χ2n) is 6.19. The van der Waals surface area contributed by atoms with E-state index in [-0.39, 0.29) is 25.0 Å². The number of β-amino-alcohol motifs (C(OH)–C–C–N with tert-alkyl or cyclic N) is 1. The number of benzene rings is 1. The standard InChI is InChI=1S/C17H22ClN3O4/c18-13-4-2-1-3-12(13)15-16(25-11-14(23)19-15)17(24)21-7-5-20(6-8-21)9-10-22/h1-4,15-16,22H,5-11H2,(H,19,23)/t15-,16+/m1/s1. The number of halogens is 1. The zero-order valence-corrected chi connectivity index (χ0v) is 14.6. The Balaban J connectivity index is 1.73. The minimum atomic E-state index is -0.790. The number of carbonyl (C=O) groups is 2. The number of morpholine rings is 1. The molecule has 0 spiro atoms. The largest absolute Gasteiger partial charge is 0.395 e. The summed E-state index contributed by atoms with van der Waals surface area (Å²) in [5.74, 6) is -0.407. The fraction of sp³-hybridized carbons (Fsp3) is 0.529. The Kier molecular flexibility index (Phi) is 5.90. The number of amides is 2. The van der Waals surface area contributed by atoms with Crippen LogP contribution in [0.25, 0.3) is 0 Å². The van der Waals surface area contributed by atoms with E-state index in [1.807, 2.05) is 6.07 Å². The van der Waals surface area contributed by atoms with Gasteiger partial charge in [0.1, 0.15) is 6.61 Å². The highest BCUT2D eigenvalue weighted by Crippen LogP contribution is 2.29. The molecule has 8 heteroatoms. The zero-order valence-electron chi connectivity index (χ0n) is 13.9. The number of piperazine rings is 1. The molecule has 0 unspecified atom stereocenters. The smallest absolute Gasteiger partial charge is 0.254 e. The van der Waals surface area contributed by atoms with E-state index in [1.165, 1.54) is 0 Å². The first-order valence-electron chi connectivity index (χ1n) is 8.37. The molecule has 2 aliphatic heterocycles. The highest BCUT2D eigenvalue weighted by Gasteiger charge is 2.39. The number of hydrogen-bond donors (Lipinski definition) is 2. The highest BCUT2D eigenvalue weighted by atomic mass is 35.5. The summed E-state index contributed by atoms with van der Waals surface area (Å²) in [6, 6.07) is 6.54. The molecular formula is C17H22ClN3O4. The quantitative estimate of drug-likeness (QED) is 0.785. The van der Waals surface area contributed by atoms with Crippen LogP contribution in [-0.4, -0.2) is 78.8 Å². The molecule has 0 radical (unpaired) electrons. The molecule has 136 valence electrons. The first-order chi connectivity index (χ1) is 12.1. The Hall–Kier alpha value is -1.67. The van der Waals surface area contributed by atoms with Crippen molar-refractivity contribution in [1.29, 1.82) is 0 Å². The molecule has 7 nitrogen and oxygen atoms in total. The van der Waals surface area contributed by atoms with Crippen molar-refractivity contribution in [2.45, 2.75) is 12.1 Å². The number of ether oxygens (including phenoxy) is 1. The first-order valence-corrected chi connectivity index (χ1v) is 8.75. The van der Waals surface area contributed by atoms with Crippen LogP contribution >= 0.6 is 11.6 Å². The Morgan fingerprint density at radius 1 is 1.28 bits per heavy atom. The molecule has 0 bridgehead atoms. The van der Waals surface area contributed by atoms with Crippen LogP contribution in [0.3, 0.4) is 0 Å². The summed E-state index contributed by atoms with van der Waals surface area (Å²) in [5.41, 5.74) is 0.675. The van der Waals surface area contributed by atoms with Crippen LogP contribution in [0.5, 0.6) is 0 Å². The van der Waals surface area contributed by atoms with Gasteiger partial charge in [-0.3, -0.25) is 14.5 Å². The van der Waals surface area contributed by atoms with E-state index in [2.05, 4.69) is 10.2 Å². The average molecular weight is 368 g/mol. The summed E-state index contributed by atoms with van der Waals surface area (Å²) in [4.78, 5) is 28.6. The van der Waals surface area contributed by atoms with E-state index in [0.717, 1.165) is 0 Å². The van der Waals surface area contributed by atoms with Gasteiger partial charge >= 0.3 is 0 Å². The summed E-state index contributed by atoms with van der Waals surface area (Å²) in [7, 11) is 0. The fourth-order valence-electron chi connectivity index (χ4n) is 3.25. The number of rotatable bonds is 4. The van der Waals surface area contributed by atoms with Gasteiger partial charge in [-0.25, -0.2) is 0 Å². The Labute approximate surface area is 151 Å². The fourth-order valence-corrected chi connectivity index (χ4v) is 3.50. The zero-order chi connectivity index (χ0) is 17.8. The third kappa shape index (κ3) is 4.12. The molecule has 2 saturated heterocycles. The van der Waals surface area contributed by atoms with Gasteiger partial charge in [-0.2, -0.15) is 0 Å². The third-order valence-corrected chi connectivity index (χ3v) is 4.94. The van der Waals surface area contributed by atoms with Crippen molar-refractivity contribution in [3.63, 3.8) is 0 Å². The summed E-state index contributed by atoms with van der Waals surface area (Å²) in [6.45, 7) is 3.15. The lowest BCUT2D eigenvalue weighted by Gasteiger charge is -2.39. The monoisotopic (exact) mass is 367 g/mol. The van der Waals surface area contributed by atoms with Crippen LogP contribution < -0.4 is 5.32 Å². The van der Waals surface area contributed by atoms with Crippen LogP contribution in [0.1, 0.15) is 11.6 Å². The van der Waals surface area contributed by atoms with Gasteiger partial charge in [-0.15, -0.1) is 0 Å². The van der Waals surface area contributed by atoms with Crippen molar-refractivity contribution in [3.05, 3.63) is 34.9 Å². The van der Waals surface area contributed by atoms with Crippen molar-refractivity contribution in [2.75, 3.05) is 45.9 Å². The van der Waals surface area contributed by atoms with Crippen LogP contribution in [-0.2, 0) is 14.3 Å². The predicted molar refractivity (Wildman–Crippen MR) is 92.2 cm³/mol. The maximum atomic E-state index is 13.0. The second kappa shape index (κ2) is 8.14.